The maximum Gasteiger partial charge on any atom is 0.264 e. The third-order valence-electron chi connectivity index (χ3n) is 2.75. The standard InChI is InChI=1S/C14H16IN3O2/c1-14(2,3)11-10(15)13(19)18-12(17-11)8-6-5-7-9(16-8)20-4/h5-7H,1-4H3,(H,17,18,19). The fraction of sp³-hybridized carbons (Fsp3) is 0.357. The van der Waals surface area contributed by atoms with Crippen molar-refractivity contribution in [3.63, 3.8) is 0 Å². The quantitative estimate of drug-likeness (QED) is 0.808. The van der Waals surface area contributed by atoms with Gasteiger partial charge in [0.25, 0.3) is 5.56 Å². The molecule has 106 valence electrons. The van der Waals surface area contributed by atoms with Gasteiger partial charge in [0.1, 0.15) is 9.26 Å². The van der Waals surface area contributed by atoms with Crippen LogP contribution in [0.15, 0.2) is 23.0 Å². The normalized spacial score (nSPS) is 11.4. The molecule has 0 spiro atoms. The van der Waals surface area contributed by atoms with Gasteiger partial charge in [-0.05, 0) is 28.7 Å². The molecule has 5 nitrogen and oxygen atoms in total. The van der Waals surface area contributed by atoms with E-state index in [1.165, 1.54) is 0 Å². The summed E-state index contributed by atoms with van der Waals surface area (Å²) in [7, 11) is 1.55. The molecule has 6 heteroatoms. The molecule has 0 aliphatic rings. The first-order valence-electron chi connectivity index (χ1n) is 6.14. The lowest BCUT2D eigenvalue weighted by Crippen LogP contribution is -2.24. The highest BCUT2D eigenvalue weighted by Crippen LogP contribution is 2.25. The predicted molar refractivity (Wildman–Crippen MR) is 86.1 cm³/mol. The van der Waals surface area contributed by atoms with Crippen molar-refractivity contribution in [1.29, 1.82) is 0 Å². The fourth-order valence-corrected chi connectivity index (χ4v) is 2.80. The number of H-pyrrole nitrogens is 1. The first kappa shape index (κ1) is 15.0. The maximum atomic E-state index is 12.1. The average Bonchev–Trinajstić information content (AvgIpc) is 2.40. The molecule has 0 bridgehead atoms. The van der Waals surface area contributed by atoms with Gasteiger partial charge in [0.05, 0.1) is 12.8 Å². The number of ether oxygens (including phenoxy) is 1. The van der Waals surface area contributed by atoms with Gasteiger partial charge >= 0.3 is 0 Å². The molecule has 2 rings (SSSR count). The van der Waals surface area contributed by atoms with Crippen LogP contribution in [0.2, 0.25) is 0 Å². The zero-order chi connectivity index (χ0) is 14.9. The van der Waals surface area contributed by atoms with Crippen LogP contribution in [0, 0.1) is 3.57 Å². The Morgan fingerprint density at radius 3 is 2.55 bits per heavy atom. The lowest BCUT2D eigenvalue weighted by atomic mass is 9.92. The predicted octanol–water partition coefficient (Wildman–Crippen LogP) is 2.74. The van der Waals surface area contributed by atoms with Gasteiger partial charge in [0.2, 0.25) is 5.88 Å². The molecule has 0 saturated heterocycles. The van der Waals surface area contributed by atoms with Crippen LogP contribution in [-0.4, -0.2) is 22.1 Å². The van der Waals surface area contributed by atoms with E-state index < -0.39 is 0 Å². The molecule has 2 aromatic heterocycles. The lowest BCUT2D eigenvalue weighted by Gasteiger charge is -2.19. The topological polar surface area (TPSA) is 67.9 Å². The molecule has 0 amide bonds. The minimum Gasteiger partial charge on any atom is -0.481 e. The van der Waals surface area contributed by atoms with E-state index in [1.54, 1.807) is 19.2 Å². The number of halogens is 1. The molecule has 0 aromatic carbocycles. The molecule has 0 atom stereocenters. The van der Waals surface area contributed by atoms with Crippen LogP contribution in [0.3, 0.4) is 0 Å². The number of hydrogen-bond donors (Lipinski definition) is 1. The van der Waals surface area contributed by atoms with Gasteiger partial charge in [0, 0.05) is 11.5 Å². The Bertz CT molecular complexity index is 690. The van der Waals surface area contributed by atoms with Gasteiger partial charge in [0.15, 0.2) is 5.82 Å². The Morgan fingerprint density at radius 2 is 1.95 bits per heavy atom. The summed E-state index contributed by atoms with van der Waals surface area (Å²) in [6, 6.07) is 5.36. The van der Waals surface area contributed by atoms with E-state index >= 15 is 0 Å². The third kappa shape index (κ3) is 3.00. The zero-order valence-electron chi connectivity index (χ0n) is 11.8. The fourth-order valence-electron chi connectivity index (χ4n) is 1.74. The monoisotopic (exact) mass is 385 g/mol. The van der Waals surface area contributed by atoms with E-state index in [2.05, 4.69) is 15.0 Å². The van der Waals surface area contributed by atoms with Crippen LogP contribution in [0.4, 0.5) is 0 Å². The van der Waals surface area contributed by atoms with Gasteiger partial charge < -0.3 is 9.72 Å². The second-order valence-electron chi connectivity index (χ2n) is 5.39. The van der Waals surface area contributed by atoms with Crippen LogP contribution in [-0.2, 0) is 5.41 Å². The summed E-state index contributed by atoms with van der Waals surface area (Å²) in [5.41, 5.74) is 0.994. The molecular formula is C14H16IN3O2. The Hall–Kier alpha value is -1.44. The molecule has 2 heterocycles. The van der Waals surface area contributed by atoms with E-state index in [-0.39, 0.29) is 11.0 Å². The number of nitrogens with one attached hydrogen (secondary N) is 1. The molecule has 2 aromatic rings. The Labute approximate surface area is 131 Å². The van der Waals surface area contributed by atoms with Crippen molar-refractivity contribution in [3.8, 4) is 17.4 Å². The van der Waals surface area contributed by atoms with Crippen molar-refractivity contribution >= 4 is 22.6 Å². The molecule has 0 aliphatic carbocycles. The highest BCUT2D eigenvalue weighted by Gasteiger charge is 2.22. The van der Waals surface area contributed by atoms with Crippen LogP contribution >= 0.6 is 22.6 Å². The van der Waals surface area contributed by atoms with Crippen LogP contribution in [0.1, 0.15) is 26.5 Å². The highest BCUT2D eigenvalue weighted by molar-refractivity contribution is 14.1. The minimum absolute atomic E-state index is 0.148. The summed E-state index contributed by atoms with van der Waals surface area (Å²) in [4.78, 5) is 23.7. The second-order valence-corrected chi connectivity index (χ2v) is 6.47. The smallest absolute Gasteiger partial charge is 0.264 e. The van der Waals surface area contributed by atoms with Gasteiger partial charge in [-0.25, -0.2) is 9.97 Å². The van der Waals surface area contributed by atoms with Crippen LogP contribution < -0.4 is 10.3 Å². The summed E-state index contributed by atoms with van der Waals surface area (Å²) in [6.45, 7) is 6.08. The van der Waals surface area contributed by atoms with E-state index in [0.717, 1.165) is 5.69 Å². The Morgan fingerprint density at radius 1 is 1.25 bits per heavy atom. The highest BCUT2D eigenvalue weighted by atomic mass is 127. The maximum absolute atomic E-state index is 12.1. The van der Waals surface area contributed by atoms with Gasteiger partial charge in [-0.1, -0.05) is 26.8 Å². The number of methoxy groups -OCH3 is 1. The summed E-state index contributed by atoms with van der Waals surface area (Å²) < 4.78 is 5.71. The molecule has 0 saturated carbocycles. The molecular weight excluding hydrogens is 369 g/mol. The molecule has 1 N–H and O–H groups in total. The molecule has 0 radical (unpaired) electrons. The first-order chi connectivity index (χ1) is 9.32. The van der Waals surface area contributed by atoms with Crippen LogP contribution in [0.5, 0.6) is 5.88 Å². The summed E-state index contributed by atoms with van der Waals surface area (Å²) in [6.07, 6.45) is 0. The summed E-state index contributed by atoms with van der Waals surface area (Å²) in [5, 5.41) is 0. The van der Waals surface area contributed by atoms with E-state index in [1.807, 2.05) is 49.4 Å². The zero-order valence-corrected chi connectivity index (χ0v) is 14.0. The van der Waals surface area contributed by atoms with E-state index in [0.29, 0.717) is 21.0 Å². The summed E-state index contributed by atoms with van der Waals surface area (Å²) in [5.74, 6) is 0.945. The molecule has 20 heavy (non-hydrogen) atoms. The van der Waals surface area contributed by atoms with Gasteiger partial charge in [-0.3, -0.25) is 4.79 Å². The first-order valence-corrected chi connectivity index (χ1v) is 7.22. The number of aromatic nitrogens is 3. The third-order valence-corrected chi connectivity index (χ3v) is 3.75. The summed E-state index contributed by atoms with van der Waals surface area (Å²) >= 11 is 2.03. The van der Waals surface area contributed by atoms with Crippen molar-refractivity contribution in [3.05, 3.63) is 37.8 Å². The average molecular weight is 385 g/mol. The SMILES string of the molecule is COc1cccc(-c2nc(C(C)(C)C)c(I)c(=O)[nH]2)n1. The number of nitrogens with zero attached hydrogens (tertiary/aromatic N) is 2. The van der Waals surface area contributed by atoms with E-state index in [4.69, 9.17) is 4.74 Å². The molecule has 0 aliphatic heterocycles. The van der Waals surface area contributed by atoms with Crippen molar-refractivity contribution in [2.45, 2.75) is 26.2 Å². The lowest BCUT2D eigenvalue weighted by molar-refractivity contribution is 0.398. The van der Waals surface area contributed by atoms with E-state index in [9.17, 15) is 4.79 Å². The Kier molecular flexibility index (Phi) is 4.12. The molecule has 0 unspecified atom stereocenters. The molecule has 0 fully saturated rings. The number of aromatic amines is 1. The van der Waals surface area contributed by atoms with Gasteiger partial charge in [-0.15, -0.1) is 0 Å². The minimum atomic E-state index is -0.210. The second kappa shape index (κ2) is 5.51. The van der Waals surface area contributed by atoms with Crippen molar-refractivity contribution in [2.24, 2.45) is 0 Å². The van der Waals surface area contributed by atoms with Crippen molar-refractivity contribution in [1.82, 2.24) is 15.0 Å². The van der Waals surface area contributed by atoms with Crippen molar-refractivity contribution < 1.29 is 4.74 Å². The van der Waals surface area contributed by atoms with Crippen molar-refractivity contribution in [2.75, 3.05) is 7.11 Å². The number of rotatable bonds is 2. The Balaban J connectivity index is 2.64. The number of pyridine rings is 1. The van der Waals surface area contributed by atoms with Crippen LogP contribution in [0.25, 0.3) is 11.5 Å². The van der Waals surface area contributed by atoms with Gasteiger partial charge in [-0.2, -0.15) is 0 Å². The number of hydrogen-bond acceptors (Lipinski definition) is 4. The largest absolute Gasteiger partial charge is 0.481 e.